The summed E-state index contributed by atoms with van der Waals surface area (Å²) in [5.41, 5.74) is 1.85. The number of likely N-dealkylation sites (tertiary alicyclic amines) is 1. The molecule has 148 valence electrons. The second kappa shape index (κ2) is 8.74. The highest BCUT2D eigenvalue weighted by Crippen LogP contribution is 2.19. The highest BCUT2D eigenvalue weighted by Gasteiger charge is 2.36. The molecule has 2 aliphatic heterocycles. The van der Waals surface area contributed by atoms with E-state index in [1.807, 2.05) is 44.3 Å². The topological polar surface area (TPSA) is 101 Å². The zero-order chi connectivity index (χ0) is 20.1. The molecule has 2 amide bonds. The highest BCUT2D eigenvalue weighted by atomic mass is 16.2. The van der Waals surface area contributed by atoms with Crippen LogP contribution in [0.3, 0.4) is 0 Å². The second-order valence-electron chi connectivity index (χ2n) is 7.38. The first-order valence-electron chi connectivity index (χ1n) is 9.63. The van der Waals surface area contributed by atoms with E-state index in [1.54, 1.807) is 9.80 Å². The molecule has 0 aromatic heterocycles. The molecule has 2 aliphatic rings. The van der Waals surface area contributed by atoms with Crippen LogP contribution in [0, 0.1) is 18.4 Å². The number of anilines is 1. The molecule has 3 rings (SSSR count). The van der Waals surface area contributed by atoms with Crippen LogP contribution in [0.25, 0.3) is 0 Å². The molecule has 2 N–H and O–H groups in total. The quantitative estimate of drug-likeness (QED) is 0.270. The minimum Gasteiger partial charge on any atom is -0.335 e. The predicted octanol–water partition coefficient (Wildman–Crippen LogP) is 1.45. The second-order valence-corrected chi connectivity index (χ2v) is 7.38. The number of aliphatic imine (C=N–C) groups is 1. The molecule has 8 heteroatoms. The average Bonchev–Trinajstić information content (AvgIpc) is 3.41. The lowest BCUT2D eigenvalue weighted by Gasteiger charge is -2.22. The minimum atomic E-state index is -0.616. The first-order valence-corrected chi connectivity index (χ1v) is 9.63. The third kappa shape index (κ3) is 5.00. The van der Waals surface area contributed by atoms with Gasteiger partial charge in [-0.1, -0.05) is 12.1 Å². The molecule has 0 radical (unpaired) electrons. The maximum Gasteiger partial charge on any atom is 0.247 e. The summed E-state index contributed by atoms with van der Waals surface area (Å²) in [5, 5.41) is 14.7. The predicted molar refractivity (Wildman–Crippen MR) is 106 cm³/mol. The summed E-state index contributed by atoms with van der Waals surface area (Å²) >= 11 is 0. The van der Waals surface area contributed by atoms with Gasteiger partial charge < -0.3 is 15.1 Å². The smallest absolute Gasteiger partial charge is 0.247 e. The van der Waals surface area contributed by atoms with Crippen LogP contribution in [0.2, 0.25) is 0 Å². The molecule has 0 aliphatic carbocycles. The monoisotopic (exact) mass is 382 g/mol. The van der Waals surface area contributed by atoms with Crippen molar-refractivity contribution in [1.82, 2.24) is 15.1 Å². The number of benzene rings is 1. The van der Waals surface area contributed by atoms with E-state index < -0.39 is 6.04 Å². The van der Waals surface area contributed by atoms with Crippen molar-refractivity contribution in [2.24, 2.45) is 4.99 Å². The van der Waals surface area contributed by atoms with Gasteiger partial charge in [0.15, 0.2) is 6.19 Å². The van der Waals surface area contributed by atoms with Crippen LogP contribution in [0.15, 0.2) is 29.3 Å². The maximum atomic E-state index is 13.0. The van der Waals surface area contributed by atoms with Crippen LogP contribution < -0.4 is 10.6 Å². The molecule has 2 saturated heterocycles. The zero-order valence-corrected chi connectivity index (χ0v) is 16.3. The number of rotatable bonds is 4. The van der Waals surface area contributed by atoms with E-state index >= 15 is 0 Å². The molecule has 2 unspecified atom stereocenters. The highest BCUT2D eigenvalue weighted by molar-refractivity contribution is 5.97. The molecule has 2 fully saturated rings. The molecule has 0 spiro atoms. The first kappa shape index (κ1) is 19.7. The number of hydrogen-bond donors (Lipinski definition) is 2. The Hall–Kier alpha value is -3.08. The number of nitrogens with zero attached hydrogens (tertiary/aromatic N) is 4. The Morgan fingerprint density at radius 2 is 2.18 bits per heavy atom. The van der Waals surface area contributed by atoms with E-state index in [1.165, 1.54) is 0 Å². The Labute approximate surface area is 165 Å². The van der Waals surface area contributed by atoms with E-state index in [2.05, 4.69) is 15.6 Å². The van der Waals surface area contributed by atoms with Gasteiger partial charge in [-0.2, -0.15) is 5.26 Å². The third-order valence-corrected chi connectivity index (χ3v) is 5.00. The number of nitriles is 1. The van der Waals surface area contributed by atoms with Crippen molar-refractivity contribution in [2.45, 2.75) is 45.2 Å². The van der Waals surface area contributed by atoms with Gasteiger partial charge in [0.05, 0.1) is 6.54 Å². The van der Waals surface area contributed by atoms with Crippen molar-refractivity contribution < 1.29 is 9.59 Å². The van der Waals surface area contributed by atoms with Crippen molar-refractivity contribution in [1.29, 1.82) is 5.26 Å². The van der Waals surface area contributed by atoms with Gasteiger partial charge in [0.2, 0.25) is 17.8 Å². The number of guanidine groups is 1. The van der Waals surface area contributed by atoms with Crippen LogP contribution in [-0.2, 0) is 9.59 Å². The van der Waals surface area contributed by atoms with Crippen molar-refractivity contribution in [3.63, 3.8) is 0 Å². The number of nitrogens with one attached hydrogen (secondary N) is 2. The molecular formula is C20H26N6O2. The van der Waals surface area contributed by atoms with Gasteiger partial charge >= 0.3 is 0 Å². The molecule has 8 nitrogen and oxygen atoms in total. The van der Waals surface area contributed by atoms with Gasteiger partial charge in [0.1, 0.15) is 6.04 Å². The lowest BCUT2D eigenvalue weighted by Crippen LogP contribution is -2.43. The largest absolute Gasteiger partial charge is 0.335 e. The SMILES string of the molecule is Cc1cccc(NC(=NC2CCCCN(CC(=O)N3CC3C)C2=O)NC#N)c1. The third-order valence-electron chi connectivity index (χ3n) is 5.00. The average molecular weight is 382 g/mol. The number of amides is 2. The summed E-state index contributed by atoms with van der Waals surface area (Å²) in [5.74, 6) is 0.0570. The molecule has 2 atom stereocenters. The van der Waals surface area contributed by atoms with E-state index in [0.29, 0.717) is 13.0 Å². The fraction of sp³-hybridized carbons (Fsp3) is 0.500. The Balaban J connectivity index is 1.73. The molecular weight excluding hydrogens is 356 g/mol. The molecule has 2 heterocycles. The van der Waals surface area contributed by atoms with Gasteiger partial charge in [-0.15, -0.1) is 0 Å². The van der Waals surface area contributed by atoms with Crippen molar-refractivity contribution in [3.05, 3.63) is 29.8 Å². The summed E-state index contributed by atoms with van der Waals surface area (Å²) in [6.45, 7) is 5.39. The Morgan fingerprint density at radius 1 is 1.39 bits per heavy atom. The fourth-order valence-electron chi connectivity index (χ4n) is 3.36. The summed E-state index contributed by atoms with van der Waals surface area (Å²) in [6.07, 6.45) is 4.14. The first-order chi connectivity index (χ1) is 13.5. The van der Waals surface area contributed by atoms with Gasteiger partial charge in [0, 0.05) is 24.8 Å². The Kier molecular flexibility index (Phi) is 6.14. The van der Waals surface area contributed by atoms with Crippen LogP contribution in [0.5, 0.6) is 0 Å². The van der Waals surface area contributed by atoms with Gasteiger partial charge in [-0.3, -0.25) is 14.9 Å². The van der Waals surface area contributed by atoms with E-state index in [4.69, 9.17) is 5.26 Å². The van der Waals surface area contributed by atoms with Crippen molar-refractivity contribution in [2.75, 3.05) is 25.0 Å². The molecule has 0 bridgehead atoms. The van der Waals surface area contributed by atoms with E-state index in [-0.39, 0.29) is 30.4 Å². The lowest BCUT2D eigenvalue weighted by atomic mass is 10.1. The number of hydrogen-bond acceptors (Lipinski definition) is 4. The van der Waals surface area contributed by atoms with Gasteiger partial charge in [-0.25, -0.2) is 4.99 Å². The summed E-state index contributed by atoms with van der Waals surface area (Å²) in [7, 11) is 0. The molecule has 28 heavy (non-hydrogen) atoms. The van der Waals surface area contributed by atoms with Crippen LogP contribution in [0.1, 0.15) is 31.7 Å². The zero-order valence-electron chi connectivity index (χ0n) is 16.3. The molecule has 1 aromatic rings. The Morgan fingerprint density at radius 3 is 2.86 bits per heavy atom. The number of carbonyl (C=O) groups is 2. The standard InChI is InChI=1S/C20H26N6O2/c1-14-6-5-7-16(10-14)23-20(22-13-21)24-17-8-3-4-9-25(19(17)28)12-18(27)26-11-15(26)2/h5-7,10,15,17H,3-4,8-9,11-12H2,1-2H3,(H2,22,23,24). The van der Waals surface area contributed by atoms with Crippen LogP contribution in [0.4, 0.5) is 5.69 Å². The summed E-state index contributed by atoms with van der Waals surface area (Å²) in [6, 6.07) is 7.33. The Bertz CT molecular complexity index is 815. The number of aryl methyl sites for hydroxylation is 1. The van der Waals surface area contributed by atoms with Gasteiger partial charge in [0.25, 0.3) is 0 Å². The van der Waals surface area contributed by atoms with Gasteiger partial charge in [-0.05, 0) is 50.8 Å². The van der Waals surface area contributed by atoms with E-state index in [0.717, 1.165) is 30.6 Å². The van der Waals surface area contributed by atoms with Crippen LogP contribution >= 0.6 is 0 Å². The normalized spacial score (nSPS) is 22.3. The maximum absolute atomic E-state index is 13.0. The van der Waals surface area contributed by atoms with Crippen molar-refractivity contribution in [3.8, 4) is 6.19 Å². The van der Waals surface area contributed by atoms with Crippen molar-refractivity contribution >= 4 is 23.5 Å². The molecule has 0 saturated carbocycles. The summed E-state index contributed by atoms with van der Waals surface area (Å²) < 4.78 is 0. The number of carbonyl (C=O) groups excluding carboxylic acids is 2. The molecule has 1 aromatic carbocycles. The van der Waals surface area contributed by atoms with E-state index in [9.17, 15) is 9.59 Å². The minimum absolute atomic E-state index is 0.0151. The lowest BCUT2D eigenvalue weighted by molar-refractivity contribution is -0.138. The van der Waals surface area contributed by atoms with Crippen LogP contribution in [-0.4, -0.2) is 59.3 Å². The summed E-state index contributed by atoms with van der Waals surface area (Å²) in [4.78, 5) is 33.1. The fourth-order valence-corrected chi connectivity index (χ4v) is 3.36.